The summed E-state index contributed by atoms with van der Waals surface area (Å²) in [5.41, 5.74) is 5.44. The topological polar surface area (TPSA) is 103 Å². The molecule has 1 heterocycles. The van der Waals surface area contributed by atoms with Crippen molar-refractivity contribution in [1.29, 1.82) is 0 Å². The molecular formula is C14H22N4O3. The van der Waals surface area contributed by atoms with E-state index in [-0.39, 0.29) is 23.5 Å². The van der Waals surface area contributed by atoms with Crippen molar-refractivity contribution in [2.75, 3.05) is 0 Å². The maximum atomic E-state index is 12.2. The monoisotopic (exact) mass is 294 g/mol. The fourth-order valence-electron chi connectivity index (χ4n) is 2.76. The fraction of sp³-hybridized carbons (Fsp3) is 0.643. The highest BCUT2D eigenvalue weighted by atomic mass is 16.3. The number of aliphatic imine (C=N–C) groups is 1. The van der Waals surface area contributed by atoms with Gasteiger partial charge in [-0.3, -0.25) is 18.9 Å². The number of hydrogen-bond donors (Lipinski definition) is 2. The fourth-order valence-corrected chi connectivity index (χ4v) is 2.76. The van der Waals surface area contributed by atoms with E-state index in [2.05, 4.69) is 4.99 Å². The van der Waals surface area contributed by atoms with Gasteiger partial charge in [-0.25, -0.2) is 4.79 Å². The maximum Gasteiger partial charge on any atom is 0.333 e. The van der Waals surface area contributed by atoms with Crippen LogP contribution < -0.4 is 17.0 Å². The Kier molecular flexibility index (Phi) is 4.32. The lowest BCUT2D eigenvalue weighted by Crippen LogP contribution is -2.40. The van der Waals surface area contributed by atoms with Gasteiger partial charge in [0.2, 0.25) is 5.88 Å². The molecule has 0 aliphatic heterocycles. The molecule has 0 radical (unpaired) electrons. The predicted molar refractivity (Wildman–Crippen MR) is 81.0 cm³/mol. The molecule has 0 amide bonds. The zero-order valence-electron chi connectivity index (χ0n) is 12.7. The Labute approximate surface area is 122 Å². The van der Waals surface area contributed by atoms with Gasteiger partial charge in [-0.2, -0.15) is 0 Å². The van der Waals surface area contributed by atoms with Crippen molar-refractivity contribution < 1.29 is 5.11 Å². The SMILES string of the molecule is CC(=N[C@@H]1CCCC[C@H]1N)c1c(O)n(C)c(=O)n(C)c1=O. The maximum absolute atomic E-state index is 12.2. The molecule has 1 saturated carbocycles. The summed E-state index contributed by atoms with van der Waals surface area (Å²) in [5, 5.41) is 10.1. The molecule has 2 rings (SSSR count). The molecular weight excluding hydrogens is 272 g/mol. The lowest BCUT2D eigenvalue weighted by molar-refractivity contribution is 0.385. The van der Waals surface area contributed by atoms with Crippen molar-refractivity contribution in [3.8, 4) is 5.88 Å². The highest BCUT2D eigenvalue weighted by Gasteiger charge is 2.23. The lowest BCUT2D eigenvalue weighted by Gasteiger charge is -2.26. The van der Waals surface area contributed by atoms with E-state index in [1.54, 1.807) is 6.92 Å². The summed E-state index contributed by atoms with van der Waals surface area (Å²) in [7, 11) is 2.80. The molecule has 21 heavy (non-hydrogen) atoms. The second-order valence-electron chi connectivity index (χ2n) is 5.63. The number of aromatic hydroxyl groups is 1. The third-order valence-electron chi connectivity index (χ3n) is 4.14. The minimum atomic E-state index is -0.566. The third kappa shape index (κ3) is 2.78. The van der Waals surface area contributed by atoms with E-state index in [1.807, 2.05) is 0 Å². The van der Waals surface area contributed by atoms with Crippen LogP contribution in [0.25, 0.3) is 0 Å². The Morgan fingerprint density at radius 3 is 2.48 bits per heavy atom. The quantitative estimate of drug-likeness (QED) is 0.741. The van der Waals surface area contributed by atoms with Crippen LogP contribution in [0.15, 0.2) is 14.6 Å². The summed E-state index contributed by atoms with van der Waals surface area (Å²) in [6.07, 6.45) is 3.95. The predicted octanol–water partition coefficient (Wildman–Crippen LogP) is -0.131. The number of rotatable bonds is 2. The molecule has 0 bridgehead atoms. The van der Waals surface area contributed by atoms with Crippen LogP contribution in [0.4, 0.5) is 0 Å². The van der Waals surface area contributed by atoms with Crippen LogP contribution in [0.5, 0.6) is 5.88 Å². The van der Waals surface area contributed by atoms with Gasteiger partial charge in [0.25, 0.3) is 5.56 Å². The minimum absolute atomic E-state index is 0.0211. The van der Waals surface area contributed by atoms with E-state index < -0.39 is 11.2 Å². The van der Waals surface area contributed by atoms with Gasteiger partial charge in [-0.15, -0.1) is 0 Å². The van der Waals surface area contributed by atoms with E-state index in [0.717, 1.165) is 34.8 Å². The standard InChI is InChI=1S/C14H22N4O3/c1-8(16-10-7-5-4-6-9(10)15)11-12(19)17(2)14(21)18(3)13(11)20/h9-10,19H,4-7,15H2,1-3H3/t9-,10-/m1/s1. The largest absolute Gasteiger partial charge is 0.494 e. The van der Waals surface area contributed by atoms with Gasteiger partial charge in [0.15, 0.2) is 0 Å². The van der Waals surface area contributed by atoms with E-state index in [9.17, 15) is 14.7 Å². The Morgan fingerprint density at radius 1 is 1.24 bits per heavy atom. The molecule has 3 N–H and O–H groups in total. The van der Waals surface area contributed by atoms with Crippen molar-refractivity contribution in [2.45, 2.75) is 44.7 Å². The first-order valence-corrected chi connectivity index (χ1v) is 7.14. The lowest BCUT2D eigenvalue weighted by atomic mass is 9.91. The Balaban J connectivity index is 2.51. The van der Waals surface area contributed by atoms with Crippen LogP contribution in [0.2, 0.25) is 0 Å². The summed E-state index contributed by atoms with van der Waals surface area (Å²) < 4.78 is 2.01. The van der Waals surface area contributed by atoms with E-state index in [0.29, 0.717) is 5.71 Å². The Morgan fingerprint density at radius 2 is 1.86 bits per heavy atom. The summed E-state index contributed by atoms with van der Waals surface area (Å²) in [5.74, 6) is -0.353. The summed E-state index contributed by atoms with van der Waals surface area (Å²) in [6.45, 7) is 1.67. The van der Waals surface area contributed by atoms with E-state index in [4.69, 9.17) is 5.73 Å². The highest BCUT2D eigenvalue weighted by molar-refractivity contribution is 6.00. The molecule has 0 aromatic carbocycles. The Bertz CT molecular complexity index is 687. The number of nitrogens with two attached hydrogens (primary N) is 1. The van der Waals surface area contributed by atoms with Gasteiger partial charge in [0.05, 0.1) is 11.8 Å². The molecule has 2 atom stereocenters. The van der Waals surface area contributed by atoms with Gasteiger partial charge >= 0.3 is 5.69 Å². The van der Waals surface area contributed by atoms with Crippen molar-refractivity contribution in [3.63, 3.8) is 0 Å². The Hall–Kier alpha value is -1.89. The molecule has 1 aromatic rings. The third-order valence-corrected chi connectivity index (χ3v) is 4.14. The molecule has 7 heteroatoms. The second-order valence-corrected chi connectivity index (χ2v) is 5.63. The molecule has 7 nitrogen and oxygen atoms in total. The van der Waals surface area contributed by atoms with Gasteiger partial charge in [-0.05, 0) is 19.8 Å². The van der Waals surface area contributed by atoms with Crippen LogP contribution in [-0.2, 0) is 14.1 Å². The minimum Gasteiger partial charge on any atom is -0.494 e. The molecule has 1 aliphatic carbocycles. The van der Waals surface area contributed by atoms with Gasteiger partial charge < -0.3 is 10.8 Å². The molecule has 0 spiro atoms. The molecule has 0 unspecified atom stereocenters. The van der Waals surface area contributed by atoms with Crippen molar-refractivity contribution in [1.82, 2.24) is 9.13 Å². The van der Waals surface area contributed by atoms with Gasteiger partial charge in [-0.1, -0.05) is 12.8 Å². The molecule has 1 fully saturated rings. The summed E-state index contributed by atoms with van der Waals surface area (Å²) in [6, 6.07) is -0.0627. The second kappa shape index (κ2) is 5.85. The number of aromatic nitrogens is 2. The zero-order valence-corrected chi connectivity index (χ0v) is 12.7. The van der Waals surface area contributed by atoms with E-state index in [1.165, 1.54) is 14.1 Å². The van der Waals surface area contributed by atoms with E-state index >= 15 is 0 Å². The van der Waals surface area contributed by atoms with Crippen LogP contribution in [0, 0.1) is 0 Å². The van der Waals surface area contributed by atoms with Gasteiger partial charge in [0, 0.05) is 20.1 Å². The van der Waals surface area contributed by atoms with Crippen LogP contribution in [-0.4, -0.2) is 32.0 Å². The van der Waals surface area contributed by atoms with Crippen LogP contribution in [0.1, 0.15) is 38.2 Å². The average Bonchev–Trinajstić information content (AvgIpc) is 2.46. The molecule has 0 saturated heterocycles. The van der Waals surface area contributed by atoms with Crippen molar-refractivity contribution in [3.05, 3.63) is 26.4 Å². The first-order valence-electron chi connectivity index (χ1n) is 7.14. The van der Waals surface area contributed by atoms with Crippen molar-refractivity contribution in [2.24, 2.45) is 24.8 Å². The first-order chi connectivity index (χ1) is 9.84. The highest BCUT2D eigenvalue weighted by Crippen LogP contribution is 2.21. The molecule has 116 valence electrons. The molecule has 1 aliphatic rings. The van der Waals surface area contributed by atoms with Crippen LogP contribution >= 0.6 is 0 Å². The number of hydrogen-bond acceptors (Lipinski definition) is 5. The zero-order chi connectivity index (χ0) is 15.7. The smallest absolute Gasteiger partial charge is 0.333 e. The van der Waals surface area contributed by atoms with Crippen molar-refractivity contribution >= 4 is 5.71 Å². The first kappa shape index (κ1) is 15.5. The normalized spacial score (nSPS) is 23.3. The molecule has 1 aromatic heterocycles. The number of nitrogens with zero attached hydrogens (tertiary/aromatic N) is 3. The van der Waals surface area contributed by atoms with Crippen LogP contribution in [0.3, 0.4) is 0 Å². The summed E-state index contributed by atoms with van der Waals surface area (Å²) >= 11 is 0. The average molecular weight is 294 g/mol. The van der Waals surface area contributed by atoms with Gasteiger partial charge in [0.1, 0.15) is 5.56 Å². The summed E-state index contributed by atoms with van der Waals surface area (Å²) in [4.78, 5) is 28.5.